The van der Waals surface area contributed by atoms with E-state index in [2.05, 4.69) is 20.9 Å². The van der Waals surface area contributed by atoms with Gasteiger partial charge in [0.25, 0.3) is 0 Å². The first-order valence-corrected chi connectivity index (χ1v) is 5.23. The molecule has 2 N–H and O–H groups in total. The number of nitrogens with two attached hydrogens (primary N) is 1. The Labute approximate surface area is 92.8 Å². The maximum Gasteiger partial charge on any atom is 0.196 e. The van der Waals surface area contributed by atoms with Gasteiger partial charge in [0.05, 0.1) is 5.69 Å². The van der Waals surface area contributed by atoms with Crippen LogP contribution in [0.3, 0.4) is 0 Å². The number of halogens is 1. The molecule has 14 heavy (non-hydrogen) atoms. The number of nitrogens with zero attached hydrogens (tertiary/aromatic N) is 2. The lowest BCUT2D eigenvalue weighted by molar-refractivity contribution is 0.529. The van der Waals surface area contributed by atoms with Crippen LogP contribution in [0.4, 0.5) is 5.69 Å². The van der Waals surface area contributed by atoms with Gasteiger partial charge >= 0.3 is 0 Å². The summed E-state index contributed by atoms with van der Waals surface area (Å²) >= 11 is 3.36. The summed E-state index contributed by atoms with van der Waals surface area (Å²) in [5.41, 5.74) is 6.63. The second kappa shape index (κ2) is 5.00. The molecule has 0 aromatic heterocycles. The fourth-order valence-electron chi connectivity index (χ4n) is 0.895. The van der Waals surface area contributed by atoms with Gasteiger partial charge in [-0.3, -0.25) is 0 Å². The predicted octanol–water partition coefficient (Wildman–Crippen LogP) is 2.35. The molecule has 0 saturated heterocycles. The molecule has 3 nitrogen and oxygen atoms in total. The molecule has 0 aliphatic rings. The second-order valence-corrected chi connectivity index (χ2v) is 3.88. The Morgan fingerprint density at radius 2 is 2.00 bits per heavy atom. The van der Waals surface area contributed by atoms with Crippen molar-refractivity contribution < 1.29 is 0 Å². The van der Waals surface area contributed by atoms with Crippen LogP contribution in [-0.4, -0.2) is 24.5 Å². The summed E-state index contributed by atoms with van der Waals surface area (Å²) in [5.74, 6) is 0.537. The van der Waals surface area contributed by atoms with Crippen LogP contribution in [0.15, 0.2) is 33.7 Å². The maximum atomic E-state index is 5.76. The van der Waals surface area contributed by atoms with E-state index in [0.717, 1.165) is 16.7 Å². The summed E-state index contributed by atoms with van der Waals surface area (Å²) < 4.78 is 1.04. The summed E-state index contributed by atoms with van der Waals surface area (Å²) in [7, 11) is 1.91. The van der Waals surface area contributed by atoms with Crippen LogP contribution < -0.4 is 5.73 Å². The van der Waals surface area contributed by atoms with Crippen LogP contribution >= 0.6 is 15.9 Å². The lowest BCUT2D eigenvalue weighted by Gasteiger charge is -2.14. The van der Waals surface area contributed by atoms with Crippen molar-refractivity contribution in [3.05, 3.63) is 28.7 Å². The third-order valence-electron chi connectivity index (χ3n) is 1.94. The molecule has 0 aliphatic carbocycles. The van der Waals surface area contributed by atoms with Crippen LogP contribution in [-0.2, 0) is 0 Å². The summed E-state index contributed by atoms with van der Waals surface area (Å²) in [5, 5.41) is 0. The Hall–Kier alpha value is -1.03. The highest BCUT2D eigenvalue weighted by atomic mass is 79.9. The van der Waals surface area contributed by atoms with Gasteiger partial charge in [0, 0.05) is 18.1 Å². The lowest BCUT2D eigenvalue weighted by atomic mass is 10.3. The van der Waals surface area contributed by atoms with Gasteiger partial charge in [-0.05, 0) is 31.2 Å². The van der Waals surface area contributed by atoms with Crippen LogP contribution in [0.5, 0.6) is 0 Å². The van der Waals surface area contributed by atoms with Gasteiger partial charge in [-0.15, -0.1) is 0 Å². The number of rotatable bonds is 2. The molecule has 76 valence electrons. The number of hydrogen-bond acceptors (Lipinski definition) is 1. The first kappa shape index (κ1) is 11.0. The molecule has 0 unspecified atom stereocenters. The third kappa shape index (κ3) is 3.03. The topological polar surface area (TPSA) is 41.6 Å². The average Bonchev–Trinajstić information content (AvgIpc) is 2.20. The number of benzene rings is 1. The van der Waals surface area contributed by atoms with Crippen molar-refractivity contribution >= 4 is 27.6 Å². The summed E-state index contributed by atoms with van der Waals surface area (Å²) in [6.07, 6.45) is 0. The minimum Gasteiger partial charge on any atom is -0.369 e. The summed E-state index contributed by atoms with van der Waals surface area (Å²) in [6.45, 7) is 2.88. The van der Waals surface area contributed by atoms with E-state index in [-0.39, 0.29) is 0 Å². The molecule has 0 spiro atoms. The molecule has 1 aromatic carbocycles. The van der Waals surface area contributed by atoms with Gasteiger partial charge in [0.2, 0.25) is 0 Å². The minimum atomic E-state index is 0.537. The average molecular weight is 256 g/mol. The Balaban J connectivity index is 2.81. The molecule has 0 radical (unpaired) electrons. The zero-order valence-corrected chi connectivity index (χ0v) is 9.95. The second-order valence-electron chi connectivity index (χ2n) is 2.96. The fraction of sp³-hybridized carbons (Fsp3) is 0.300. The van der Waals surface area contributed by atoms with Gasteiger partial charge in [-0.2, -0.15) is 0 Å². The molecule has 0 atom stereocenters. The Morgan fingerprint density at radius 3 is 2.50 bits per heavy atom. The predicted molar refractivity (Wildman–Crippen MR) is 63.7 cm³/mol. The Bertz CT molecular complexity index is 319. The maximum absolute atomic E-state index is 5.76. The first-order valence-electron chi connectivity index (χ1n) is 4.44. The zero-order chi connectivity index (χ0) is 10.6. The molecule has 0 amide bonds. The van der Waals surface area contributed by atoms with Crippen LogP contribution in [0.25, 0.3) is 0 Å². The van der Waals surface area contributed by atoms with Crippen molar-refractivity contribution in [2.45, 2.75) is 6.92 Å². The lowest BCUT2D eigenvalue weighted by Crippen LogP contribution is -2.33. The normalized spacial score (nSPS) is 11.5. The van der Waals surface area contributed by atoms with Crippen LogP contribution in [0, 0.1) is 0 Å². The van der Waals surface area contributed by atoms with E-state index in [0.29, 0.717) is 5.96 Å². The molecule has 1 aromatic rings. The quantitative estimate of drug-likeness (QED) is 0.651. The van der Waals surface area contributed by atoms with E-state index in [4.69, 9.17) is 5.73 Å². The Kier molecular flexibility index (Phi) is 3.95. The molecule has 0 bridgehead atoms. The number of guanidine groups is 1. The number of aliphatic imine (C=N–C) groups is 1. The molecular weight excluding hydrogens is 242 g/mol. The molecule has 4 heteroatoms. The molecule has 0 saturated carbocycles. The van der Waals surface area contributed by atoms with Crippen LogP contribution in [0.2, 0.25) is 0 Å². The summed E-state index contributed by atoms with van der Waals surface area (Å²) in [4.78, 5) is 6.16. The van der Waals surface area contributed by atoms with Crippen molar-refractivity contribution in [1.29, 1.82) is 0 Å². The highest BCUT2D eigenvalue weighted by molar-refractivity contribution is 9.10. The van der Waals surface area contributed by atoms with Crippen molar-refractivity contribution in [2.24, 2.45) is 10.7 Å². The van der Waals surface area contributed by atoms with Crippen molar-refractivity contribution in [1.82, 2.24) is 4.90 Å². The molecule has 0 heterocycles. The van der Waals surface area contributed by atoms with E-state index >= 15 is 0 Å². The SMILES string of the molecule is CCN(C)C(N)=Nc1ccc(Br)cc1. The Morgan fingerprint density at radius 1 is 1.43 bits per heavy atom. The van der Waals surface area contributed by atoms with Crippen molar-refractivity contribution in [3.63, 3.8) is 0 Å². The van der Waals surface area contributed by atoms with Gasteiger partial charge in [-0.1, -0.05) is 15.9 Å². The highest BCUT2D eigenvalue weighted by Crippen LogP contribution is 2.16. The van der Waals surface area contributed by atoms with E-state index < -0.39 is 0 Å². The molecule has 0 fully saturated rings. The highest BCUT2D eigenvalue weighted by Gasteiger charge is 1.98. The van der Waals surface area contributed by atoms with Gasteiger partial charge in [0.1, 0.15) is 0 Å². The minimum absolute atomic E-state index is 0.537. The van der Waals surface area contributed by atoms with Crippen LogP contribution in [0.1, 0.15) is 6.92 Å². The smallest absolute Gasteiger partial charge is 0.196 e. The third-order valence-corrected chi connectivity index (χ3v) is 2.46. The van der Waals surface area contributed by atoms with Gasteiger partial charge in [0.15, 0.2) is 5.96 Å². The largest absolute Gasteiger partial charge is 0.369 e. The molecular formula is C10H14BrN3. The fourth-order valence-corrected chi connectivity index (χ4v) is 1.16. The molecule has 0 aliphatic heterocycles. The summed E-state index contributed by atoms with van der Waals surface area (Å²) in [6, 6.07) is 7.72. The van der Waals surface area contributed by atoms with Gasteiger partial charge < -0.3 is 10.6 Å². The van der Waals surface area contributed by atoms with E-state index in [1.807, 2.05) is 43.1 Å². The van der Waals surface area contributed by atoms with Crippen molar-refractivity contribution in [3.8, 4) is 0 Å². The zero-order valence-electron chi connectivity index (χ0n) is 8.37. The van der Waals surface area contributed by atoms with E-state index in [9.17, 15) is 0 Å². The number of hydrogen-bond donors (Lipinski definition) is 1. The van der Waals surface area contributed by atoms with E-state index in [1.54, 1.807) is 0 Å². The van der Waals surface area contributed by atoms with E-state index in [1.165, 1.54) is 0 Å². The van der Waals surface area contributed by atoms with Gasteiger partial charge in [-0.25, -0.2) is 4.99 Å². The standard InChI is InChI=1S/C10H14BrN3/c1-3-14(2)10(12)13-9-6-4-8(11)5-7-9/h4-7H,3H2,1-2H3,(H2,12,13). The molecule has 1 rings (SSSR count). The monoisotopic (exact) mass is 255 g/mol. The van der Waals surface area contributed by atoms with Crippen molar-refractivity contribution in [2.75, 3.05) is 13.6 Å². The first-order chi connectivity index (χ1) is 6.63.